The second kappa shape index (κ2) is 10.9. The Bertz CT molecular complexity index is 2900. The lowest BCUT2D eigenvalue weighted by Crippen LogP contribution is -1.96. The number of rotatable bonds is 4. The summed E-state index contributed by atoms with van der Waals surface area (Å²) in [7, 11) is 0. The topological polar surface area (TPSA) is 56.0 Å². The lowest BCUT2D eigenvalue weighted by Gasteiger charge is -2.13. The van der Waals surface area contributed by atoms with Gasteiger partial charge in [-0.1, -0.05) is 121 Å². The van der Waals surface area contributed by atoms with Crippen molar-refractivity contribution in [2.24, 2.45) is 0 Å². The highest BCUT2D eigenvalue weighted by molar-refractivity contribution is 6.09. The van der Waals surface area contributed by atoms with Gasteiger partial charge in [-0.3, -0.25) is 4.40 Å². The zero-order valence-electron chi connectivity index (χ0n) is 26.3. The van der Waals surface area contributed by atoms with E-state index in [1.165, 1.54) is 10.8 Å². The van der Waals surface area contributed by atoms with Crippen molar-refractivity contribution in [3.05, 3.63) is 164 Å². The summed E-state index contributed by atoms with van der Waals surface area (Å²) in [5, 5.41) is 4.45. The molecule has 10 rings (SSSR count). The maximum Gasteiger partial charge on any atom is 0.160 e. The Balaban J connectivity index is 1.13. The van der Waals surface area contributed by atoms with Gasteiger partial charge in [-0.05, 0) is 58.3 Å². The lowest BCUT2D eigenvalue weighted by molar-refractivity contribution is 1.22. The Morgan fingerprint density at radius 1 is 0.408 bits per heavy atom. The maximum absolute atomic E-state index is 5.25. The first-order chi connectivity index (χ1) is 24.3. The van der Waals surface area contributed by atoms with E-state index in [1.807, 2.05) is 36.4 Å². The average Bonchev–Trinajstić information content (AvgIpc) is 3.57. The molecule has 0 saturated heterocycles. The molecule has 0 radical (unpaired) electrons. The Morgan fingerprint density at radius 3 is 1.90 bits per heavy atom. The van der Waals surface area contributed by atoms with Crippen LogP contribution in [0.5, 0.6) is 0 Å². The van der Waals surface area contributed by atoms with Crippen molar-refractivity contribution in [1.29, 1.82) is 0 Å². The van der Waals surface area contributed by atoms with Gasteiger partial charge in [0.15, 0.2) is 5.82 Å². The second-order valence-electron chi connectivity index (χ2n) is 12.3. The molecule has 4 aromatic heterocycles. The quantitative estimate of drug-likeness (QED) is 0.195. The molecular weight excluding hydrogens is 599 g/mol. The molecule has 0 N–H and O–H groups in total. The van der Waals surface area contributed by atoms with Crippen molar-refractivity contribution in [2.75, 3.05) is 0 Å². The van der Waals surface area contributed by atoms with Crippen LogP contribution >= 0.6 is 0 Å². The molecule has 0 bridgehead atoms. The van der Waals surface area contributed by atoms with Gasteiger partial charge in [0.1, 0.15) is 11.2 Å². The van der Waals surface area contributed by atoms with E-state index in [0.29, 0.717) is 5.82 Å². The number of hydrogen-bond acceptors (Lipinski definition) is 4. The number of fused-ring (bicyclic) bond motifs is 7. The van der Waals surface area contributed by atoms with E-state index in [0.717, 1.165) is 77.7 Å². The predicted molar refractivity (Wildman–Crippen MR) is 200 cm³/mol. The highest BCUT2D eigenvalue weighted by Gasteiger charge is 2.18. The van der Waals surface area contributed by atoms with E-state index < -0.39 is 0 Å². The van der Waals surface area contributed by atoms with Gasteiger partial charge in [0.05, 0.1) is 27.9 Å². The first-order valence-corrected chi connectivity index (χ1v) is 16.4. The van der Waals surface area contributed by atoms with Crippen LogP contribution in [0.15, 0.2) is 164 Å². The zero-order valence-corrected chi connectivity index (χ0v) is 26.3. The number of pyridine rings is 2. The van der Waals surface area contributed by atoms with E-state index >= 15 is 0 Å². The molecule has 0 saturated carbocycles. The van der Waals surface area contributed by atoms with Gasteiger partial charge in [0.25, 0.3) is 0 Å². The molecule has 0 aliphatic carbocycles. The molecule has 0 spiro atoms. The second-order valence-corrected chi connectivity index (χ2v) is 12.3. The van der Waals surface area contributed by atoms with Crippen LogP contribution in [-0.4, -0.2) is 24.3 Å². The molecule has 0 aliphatic heterocycles. The fourth-order valence-corrected chi connectivity index (χ4v) is 7.08. The highest BCUT2D eigenvalue weighted by Crippen LogP contribution is 2.37. The Morgan fingerprint density at radius 2 is 1.04 bits per heavy atom. The van der Waals surface area contributed by atoms with Crippen LogP contribution in [0.25, 0.3) is 94.3 Å². The molecule has 0 amide bonds. The SMILES string of the molecule is c1cc(-c2cccc(-c3nc4ccccc4c4nc5ccccn5c34)c2)cc(-c2nc(-c3cccc4ccccc34)c3ccccc3n2)c1. The predicted octanol–water partition coefficient (Wildman–Crippen LogP) is 10.8. The van der Waals surface area contributed by atoms with Crippen molar-refractivity contribution < 1.29 is 0 Å². The van der Waals surface area contributed by atoms with Crippen LogP contribution < -0.4 is 0 Å². The lowest BCUT2D eigenvalue weighted by atomic mass is 9.98. The van der Waals surface area contributed by atoms with Crippen LogP contribution in [0, 0.1) is 0 Å². The van der Waals surface area contributed by atoms with Crippen LogP contribution in [0.1, 0.15) is 0 Å². The first kappa shape index (κ1) is 27.4. The fraction of sp³-hybridized carbons (Fsp3) is 0. The highest BCUT2D eigenvalue weighted by atomic mass is 15.0. The average molecular weight is 626 g/mol. The smallest absolute Gasteiger partial charge is 0.160 e. The molecule has 0 fully saturated rings. The van der Waals surface area contributed by atoms with Crippen LogP contribution in [-0.2, 0) is 0 Å². The van der Waals surface area contributed by atoms with Crippen LogP contribution in [0.3, 0.4) is 0 Å². The van der Waals surface area contributed by atoms with Crippen LogP contribution in [0.2, 0.25) is 0 Å². The third-order valence-electron chi connectivity index (χ3n) is 9.38. The summed E-state index contributed by atoms with van der Waals surface area (Å²) in [5.74, 6) is 0.697. The van der Waals surface area contributed by atoms with E-state index in [1.54, 1.807) is 0 Å². The summed E-state index contributed by atoms with van der Waals surface area (Å²) in [6.45, 7) is 0. The van der Waals surface area contributed by atoms with Gasteiger partial charge in [-0.15, -0.1) is 0 Å². The van der Waals surface area contributed by atoms with Crippen molar-refractivity contribution >= 4 is 49.3 Å². The molecule has 5 nitrogen and oxygen atoms in total. The molecule has 0 atom stereocenters. The Hall–Kier alpha value is -6.72. The van der Waals surface area contributed by atoms with Crippen molar-refractivity contribution in [1.82, 2.24) is 24.3 Å². The molecule has 49 heavy (non-hydrogen) atoms. The summed E-state index contributed by atoms with van der Waals surface area (Å²) >= 11 is 0. The Kier molecular flexibility index (Phi) is 6.11. The summed E-state index contributed by atoms with van der Waals surface area (Å²) in [6, 6.07) is 54.6. The number of imidazole rings is 1. The third-order valence-corrected chi connectivity index (χ3v) is 9.38. The minimum absolute atomic E-state index is 0.697. The molecule has 0 aliphatic rings. The third kappa shape index (κ3) is 4.48. The van der Waals surface area contributed by atoms with Gasteiger partial charge in [-0.2, -0.15) is 0 Å². The monoisotopic (exact) mass is 625 g/mol. The number of hydrogen-bond donors (Lipinski definition) is 0. The number of para-hydroxylation sites is 2. The molecule has 4 heterocycles. The van der Waals surface area contributed by atoms with E-state index in [4.69, 9.17) is 19.9 Å². The minimum atomic E-state index is 0.697. The zero-order chi connectivity index (χ0) is 32.3. The molecule has 0 unspecified atom stereocenters. The van der Waals surface area contributed by atoms with Gasteiger partial charge in [0, 0.05) is 33.7 Å². The van der Waals surface area contributed by atoms with Gasteiger partial charge < -0.3 is 0 Å². The maximum atomic E-state index is 5.25. The van der Waals surface area contributed by atoms with Crippen molar-refractivity contribution in [2.45, 2.75) is 0 Å². The summed E-state index contributed by atoms with van der Waals surface area (Å²) in [5.41, 5.74) is 11.8. The largest absolute Gasteiger partial charge is 0.298 e. The van der Waals surface area contributed by atoms with Gasteiger partial charge in [-0.25, -0.2) is 19.9 Å². The normalized spacial score (nSPS) is 11.7. The fourth-order valence-electron chi connectivity index (χ4n) is 7.08. The summed E-state index contributed by atoms with van der Waals surface area (Å²) in [4.78, 5) is 20.5. The molecular formula is C44H27N5. The van der Waals surface area contributed by atoms with Crippen molar-refractivity contribution in [3.8, 4) is 45.0 Å². The van der Waals surface area contributed by atoms with Gasteiger partial charge >= 0.3 is 0 Å². The van der Waals surface area contributed by atoms with Gasteiger partial charge in [0.2, 0.25) is 0 Å². The van der Waals surface area contributed by atoms with E-state index in [-0.39, 0.29) is 0 Å². The van der Waals surface area contributed by atoms with Crippen LogP contribution in [0.4, 0.5) is 0 Å². The molecule has 10 aromatic rings. The van der Waals surface area contributed by atoms with E-state index in [2.05, 4.69) is 132 Å². The number of aromatic nitrogens is 5. The summed E-state index contributed by atoms with van der Waals surface area (Å²) in [6.07, 6.45) is 2.06. The minimum Gasteiger partial charge on any atom is -0.298 e. The molecule has 228 valence electrons. The standard InChI is InChI=1S/C44H27N5/c1-2-18-33-28(12-1)13-11-21-34(33)41-35-19-3-6-23-38(35)46-44(48-41)32-17-10-15-30(27-32)29-14-9-16-31(26-29)40-43-42(36-20-4-5-22-37(36)45-40)47-39-24-7-8-25-49(39)43/h1-27H. The Labute approximate surface area is 281 Å². The first-order valence-electron chi connectivity index (χ1n) is 16.4. The molecule has 5 heteroatoms. The number of nitrogens with zero attached hydrogens (tertiary/aromatic N) is 5. The molecule has 6 aromatic carbocycles. The van der Waals surface area contributed by atoms with E-state index in [9.17, 15) is 0 Å². The van der Waals surface area contributed by atoms with Crippen molar-refractivity contribution in [3.63, 3.8) is 0 Å². The summed E-state index contributed by atoms with van der Waals surface area (Å²) < 4.78 is 2.14. The number of benzene rings is 6.